The number of halogens is 2. The second kappa shape index (κ2) is 14.1. The average Bonchev–Trinajstić information content (AvgIpc) is 2.92. The lowest BCUT2D eigenvalue weighted by atomic mass is 10.1. The van der Waals surface area contributed by atoms with Crippen LogP contribution in [0.2, 0.25) is 10.0 Å². The SMILES string of the molecule is CCCCNC(=O)[C@@H](CC)N(Cc1ccc(Cl)cc1Cl)C(=O)CN(c1ccc2c(c1)OCCO2)S(=O)(=O)CC. The zero-order chi connectivity index (χ0) is 28.6. The number of rotatable bonds is 13. The first-order valence-corrected chi connectivity index (χ1v) is 15.4. The van der Waals surface area contributed by atoms with Gasteiger partial charge in [0.15, 0.2) is 11.5 Å². The summed E-state index contributed by atoms with van der Waals surface area (Å²) in [6.07, 6.45) is 2.02. The fourth-order valence-corrected chi connectivity index (χ4v) is 5.69. The number of fused-ring (bicyclic) bond motifs is 1. The molecule has 2 amide bonds. The molecule has 9 nitrogen and oxygen atoms in total. The quantitative estimate of drug-likeness (QED) is 0.336. The summed E-state index contributed by atoms with van der Waals surface area (Å²) in [5, 5.41) is 3.67. The topological polar surface area (TPSA) is 105 Å². The molecule has 1 aliphatic rings. The minimum Gasteiger partial charge on any atom is -0.486 e. The number of benzene rings is 2. The van der Waals surface area contributed by atoms with E-state index in [1.807, 2.05) is 6.92 Å². The van der Waals surface area contributed by atoms with Gasteiger partial charge in [0.05, 0.1) is 11.4 Å². The van der Waals surface area contributed by atoms with Gasteiger partial charge in [-0.25, -0.2) is 8.42 Å². The highest BCUT2D eigenvalue weighted by atomic mass is 35.5. The number of hydrogen-bond donors (Lipinski definition) is 1. The van der Waals surface area contributed by atoms with Gasteiger partial charge >= 0.3 is 0 Å². The number of amides is 2. The van der Waals surface area contributed by atoms with Crippen LogP contribution in [0.4, 0.5) is 5.69 Å². The van der Waals surface area contributed by atoms with Crippen LogP contribution < -0.4 is 19.1 Å². The third-order valence-corrected chi connectivity index (χ3v) is 8.69. The number of anilines is 1. The first-order chi connectivity index (χ1) is 18.6. The molecule has 12 heteroatoms. The fraction of sp³-hybridized carbons (Fsp3) is 0.481. The van der Waals surface area contributed by atoms with Crippen LogP contribution >= 0.6 is 23.2 Å². The predicted molar refractivity (Wildman–Crippen MR) is 153 cm³/mol. The summed E-state index contributed by atoms with van der Waals surface area (Å²) >= 11 is 12.5. The largest absolute Gasteiger partial charge is 0.486 e. The van der Waals surface area contributed by atoms with Gasteiger partial charge in [0.2, 0.25) is 21.8 Å². The van der Waals surface area contributed by atoms with Crippen LogP contribution in [-0.4, -0.2) is 63.2 Å². The summed E-state index contributed by atoms with van der Waals surface area (Å²) < 4.78 is 38.6. The normalized spacial score (nSPS) is 13.5. The van der Waals surface area contributed by atoms with Crippen molar-refractivity contribution in [3.63, 3.8) is 0 Å². The Bertz CT molecular complexity index is 1270. The number of ether oxygens (including phenoxy) is 2. The summed E-state index contributed by atoms with van der Waals surface area (Å²) in [6, 6.07) is 8.80. The average molecular weight is 601 g/mol. The van der Waals surface area contributed by atoms with Gasteiger partial charge < -0.3 is 19.7 Å². The molecule has 39 heavy (non-hydrogen) atoms. The maximum atomic E-state index is 13.9. The molecular formula is C27H35Cl2N3O6S. The summed E-state index contributed by atoms with van der Waals surface area (Å²) in [5.74, 6) is -0.195. The number of hydrogen-bond acceptors (Lipinski definition) is 6. The van der Waals surface area contributed by atoms with Gasteiger partial charge in [0.25, 0.3) is 0 Å². The molecule has 1 N–H and O–H groups in total. The zero-order valence-electron chi connectivity index (χ0n) is 22.4. The van der Waals surface area contributed by atoms with E-state index < -0.39 is 28.5 Å². The van der Waals surface area contributed by atoms with Crippen molar-refractivity contribution in [2.45, 2.75) is 52.6 Å². The summed E-state index contributed by atoms with van der Waals surface area (Å²) in [6.45, 7) is 6.00. The molecule has 0 unspecified atom stereocenters. The van der Waals surface area contributed by atoms with E-state index in [-0.39, 0.29) is 23.9 Å². The van der Waals surface area contributed by atoms with Crippen LogP contribution in [-0.2, 0) is 26.2 Å². The van der Waals surface area contributed by atoms with Gasteiger partial charge in [-0.1, -0.05) is 49.5 Å². The van der Waals surface area contributed by atoms with E-state index in [9.17, 15) is 18.0 Å². The monoisotopic (exact) mass is 599 g/mol. The number of unbranched alkanes of at least 4 members (excludes halogenated alkanes) is 1. The molecule has 0 saturated carbocycles. The molecule has 0 spiro atoms. The van der Waals surface area contributed by atoms with Crippen LogP contribution in [0.3, 0.4) is 0 Å². The van der Waals surface area contributed by atoms with E-state index in [1.165, 1.54) is 11.8 Å². The van der Waals surface area contributed by atoms with Crippen molar-refractivity contribution in [1.82, 2.24) is 10.2 Å². The molecule has 0 saturated heterocycles. The summed E-state index contributed by atoms with van der Waals surface area (Å²) in [7, 11) is -3.88. The third-order valence-electron chi connectivity index (χ3n) is 6.36. The molecule has 0 aromatic heterocycles. The van der Waals surface area contributed by atoms with Gasteiger partial charge in [-0.15, -0.1) is 0 Å². The van der Waals surface area contributed by atoms with Crippen LogP contribution in [0.5, 0.6) is 11.5 Å². The minimum atomic E-state index is -3.88. The van der Waals surface area contributed by atoms with E-state index in [0.717, 1.165) is 17.1 Å². The van der Waals surface area contributed by atoms with E-state index in [2.05, 4.69) is 5.32 Å². The lowest BCUT2D eigenvalue weighted by Gasteiger charge is -2.33. The Hall–Kier alpha value is -2.69. The number of sulfonamides is 1. The smallest absolute Gasteiger partial charge is 0.244 e. The summed E-state index contributed by atoms with van der Waals surface area (Å²) in [4.78, 5) is 28.5. The number of nitrogens with zero attached hydrogens (tertiary/aromatic N) is 2. The second-order valence-corrected chi connectivity index (χ2v) is 12.1. The van der Waals surface area contributed by atoms with Gasteiger partial charge in [-0.05, 0) is 49.6 Å². The minimum absolute atomic E-state index is 0.00427. The van der Waals surface area contributed by atoms with E-state index in [1.54, 1.807) is 43.3 Å². The van der Waals surface area contributed by atoms with Gasteiger partial charge in [0.1, 0.15) is 25.8 Å². The Kier molecular flexibility index (Phi) is 11.1. The molecular weight excluding hydrogens is 565 g/mol. The molecule has 1 atom stereocenters. The number of nitrogens with one attached hydrogen (secondary N) is 1. The Balaban J connectivity index is 1.98. The first-order valence-electron chi connectivity index (χ1n) is 13.0. The van der Waals surface area contributed by atoms with Crippen molar-refractivity contribution >= 4 is 50.7 Å². The molecule has 0 bridgehead atoms. The Morgan fingerprint density at radius 3 is 2.38 bits per heavy atom. The van der Waals surface area contributed by atoms with Gasteiger partial charge in [0, 0.05) is 29.2 Å². The maximum Gasteiger partial charge on any atom is 0.244 e. The maximum absolute atomic E-state index is 13.9. The molecule has 0 radical (unpaired) electrons. The fourth-order valence-electron chi connectivity index (χ4n) is 4.17. The summed E-state index contributed by atoms with van der Waals surface area (Å²) in [5.41, 5.74) is 0.845. The van der Waals surface area contributed by atoms with Crippen molar-refractivity contribution in [3.05, 3.63) is 52.0 Å². The van der Waals surface area contributed by atoms with E-state index in [0.29, 0.717) is 53.3 Å². The molecule has 3 rings (SSSR count). The van der Waals surface area contributed by atoms with Crippen LogP contribution in [0.15, 0.2) is 36.4 Å². The van der Waals surface area contributed by atoms with Crippen molar-refractivity contribution in [3.8, 4) is 11.5 Å². The van der Waals surface area contributed by atoms with E-state index >= 15 is 0 Å². The predicted octanol–water partition coefficient (Wildman–Crippen LogP) is 4.64. The van der Waals surface area contributed by atoms with Crippen molar-refractivity contribution in [1.29, 1.82) is 0 Å². The third kappa shape index (κ3) is 7.93. The highest BCUT2D eigenvalue weighted by molar-refractivity contribution is 7.92. The van der Waals surface area contributed by atoms with Crippen molar-refractivity contribution in [2.75, 3.05) is 36.4 Å². The van der Waals surface area contributed by atoms with Crippen molar-refractivity contribution < 1.29 is 27.5 Å². The number of carbonyl (C=O) groups is 2. The highest BCUT2D eigenvalue weighted by Crippen LogP contribution is 2.35. The number of carbonyl (C=O) groups excluding carboxylic acids is 2. The molecule has 0 fully saturated rings. The first kappa shape index (κ1) is 30.8. The standard InChI is InChI=1S/C27H35Cl2N3O6S/c1-4-7-12-30-27(34)23(5-2)31(17-19-8-9-20(28)15-22(19)29)26(33)18-32(39(35,36)6-3)21-10-11-24-25(16-21)38-14-13-37-24/h8-11,15-16,23H,4-7,12-14,17-18H2,1-3H3,(H,30,34)/t23-/m1/s1. The molecule has 2 aromatic carbocycles. The highest BCUT2D eigenvalue weighted by Gasteiger charge is 2.33. The molecule has 1 aliphatic heterocycles. The molecule has 214 valence electrons. The lowest BCUT2D eigenvalue weighted by molar-refractivity contribution is -0.140. The van der Waals surface area contributed by atoms with Gasteiger partial charge in [-0.2, -0.15) is 0 Å². The molecule has 1 heterocycles. The Labute approximate surface area is 240 Å². The van der Waals surface area contributed by atoms with Crippen LogP contribution in [0.1, 0.15) is 45.6 Å². The zero-order valence-corrected chi connectivity index (χ0v) is 24.7. The van der Waals surface area contributed by atoms with Crippen molar-refractivity contribution in [2.24, 2.45) is 0 Å². The lowest BCUT2D eigenvalue weighted by Crippen LogP contribution is -2.52. The molecule has 2 aromatic rings. The molecule has 0 aliphatic carbocycles. The van der Waals surface area contributed by atoms with Gasteiger partial charge in [-0.3, -0.25) is 13.9 Å². The van der Waals surface area contributed by atoms with E-state index in [4.69, 9.17) is 32.7 Å². The second-order valence-electron chi connectivity index (χ2n) is 9.06. The van der Waals surface area contributed by atoms with Crippen LogP contribution in [0.25, 0.3) is 0 Å². The van der Waals surface area contributed by atoms with Crippen LogP contribution in [0, 0.1) is 0 Å². The Morgan fingerprint density at radius 1 is 1.03 bits per heavy atom. The Morgan fingerprint density at radius 2 is 1.74 bits per heavy atom.